The summed E-state index contributed by atoms with van der Waals surface area (Å²) in [6, 6.07) is 0.632. The zero-order valence-corrected chi connectivity index (χ0v) is 9.36. The molecule has 78 valence electrons. The molecule has 3 nitrogen and oxygen atoms in total. The van der Waals surface area contributed by atoms with Gasteiger partial charge in [-0.1, -0.05) is 6.42 Å². The van der Waals surface area contributed by atoms with Gasteiger partial charge in [-0.25, -0.2) is 4.98 Å². The maximum absolute atomic E-state index is 4.37. The second-order valence-corrected chi connectivity index (χ2v) is 4.68. The highest BCUT2D eigenvalue weighted by atomic mass is 32.1. The topological polar surface area (TPSA) is 37.0 Å². The van der Waals surface area contributed by atoms with E-state index in [2.05, 4.69) is 21.0 Å². The van der Waals surface area contributed by atoms with Crippen LogP contribution in [0.2, 0.25) is 0 Å². The van der Waals surface area contributed by atoms with E-state index in [0.717, 1.165) is 17.4 Å². The van der Waals surface area contributed by atoms with E-state index in [1.807, 2.05) is 6.92 Å². The van der Waals surface area contributed by atoms with E-state index in [4.69, 9.17) is 0 Å². The average Bonchev–Trinajstić information content (AvgIpc) is 2.63. The lowest BCUT2D eigenvalue weighted by Gasteiger charge is -2.23. The third-order valence-corrected chi connectivity index (χ3v) is 3.45. The number of piperidine rings is 1. The fourth-order valence-corrected chi connectivity index (χ4v) is 2.44. The molecule has 1 atom stereocenters. The lowest BCUT2D eigenvalue weighted by atomic mass is 10.1. The van der Waals surface area contributed by atoms with Gasteiger partial charge in [-0.05, 0) is 26.3 Å². The smallest absolute Gasteiger partial charge is 0.182 e. The first-order chi connectivity index (χ1) is 6.84. The molecule has 1 aromatic heterocycles. The van der Waals surface area contributed by atoms with E-state index in [1.165, 1.54) is 25.8 Å². The first kappa shape index (κ1) is 9.93. The number of aryl methyl sites for hydroxylation is 1. The Kier molecular flexibility index (Phi) is 3.37. The summed E-state index contributed by atoms with van der Waals surface area (Å²) in [4.78, 5) is 4.37. The summed E-state index contributed by atoms with van der Waals surface area (Å²) in [5.41, 5.74) is 1.11. The van der Waals surface area contributed by atoms with Crippen LogP contribution in [0.4, 0.5) is 5.13 Å². The van der Waals surface area contributed by atoms with Gasteiger partial charge in [0.25, 0.3) is 0 Å². The molecular weight excluding hydrogens is 194 g/mol. The van der Waals surface area contributed by atoms with Gasteiger partial charge in [0.2, 0.25) is 0 Å². The normalized spacial score (nSPS) is 22.2. The van der Waals surface area contributed by atoms with Gasteiger partial charge < -0.3 is 10.6 Å². The second kappa shape index (κ2) is 4.75. The summed E-state index contributed by atoms with van der Waals surface area (Å²) in [6.45, 7) is 4.21. The van der Waals surface area contributed by atoms with Crippen molar-refractivity contribution in [3.63, 3.8) is 0 Å². The molecule has 0 bridgehead atoms. The highest BCUT2D eigenvalue weighted by molar-refractivity contribution is 7.13. The van der Waals surface area contributed by atoms with Gasteiger partial charge in [0.15, 0.2) is 5.13 Å². The number of rotatable bonds is 3. The first-order valence-electron chi connectivity index (χ1n) is 5.24. The van der Waals surface area contributed by atoms with Gasteiger partial charge in [-0.15, -0.1) is 11.3 Å². The van der Waals surface area contributed by atoms with Crippen molar-refractivity contribution in [3.05, 3.63) is 11.1 Å². The number of hydrogen-bond acceptors (Lipinski definition) is 4. The number of nitrogens with zero attached hydrogens (tertiary/aromatic N) is 1. The third-order valence-electron chi connectivity index (χ3n) is 2.53. The molecule has 1 aliphatic heterocycles. The molecule has 0 spiro atoms. The first-order valence-corrected chi connectivity index (χ1v) is 6.12. The number of hydrogen-bond donors (Lipinski definition) is 2. The second-order valence-electron chi connectivity index (χ2n) is 3.82. The van der Waals surface area contributed by atoms with Crippen molar-refractivity contribution in [2.75, 3.05) is 18.4 Å². The van der Waals surface area contributed by atoms with Crippen molar-refractivity contribution >= 4 is 16.5 Å². The SMILES string of the molecule is Cc1csc(NCC2CCCCN2)n1. The zero-order chi connectivity index (χ0) is 9.80. The standard InChI is InChI=1S/C10H17N3S/c1-8-7-14-10(13-8)12-6-9-4-2-3-5-11-9/h7,9,11H,2-6H2,1H3,(H,12,13). The predicted molar refractivity (Wildman–Crippen MR) is 61.0 cm³/mol. The fourth-order valence-electron chi connectivity index (χ4n) is 1.74. The van der Waals surface area contributed by atoms with Crippen molar-refractivity contribution in [2.24, 2.45) is 0 Å². The Hall–Kier alpha value is -0.610. The van der Waals surface area contributed by atoms with Crippen LogP contribution in [-0.4, -0.2) is 24.1 Å². The number of thiazole rings is 1. The molecule has 0 amide bonds. The van der Waals surface area contributed by atoms with Gasteiger partial charge in [0, 0.05) is 18.0 Å². The lowest BCUT2D eigenvalue weighted by molar-refractivity contribution is 0.414. The van der Waals surface area contributed by atoms with Crippen LogP contribution in [0.1, 0.15) is 25.0 Å². The summed E-state index contributed by atoms with van der Waals surface area (Å²) in [6.07, 6.45) is 3.97. The molecule has 0 aliphatic carbocycles. The summed E-state index contributed by atoms with van der Waals surface area (Å²) >= 11 is 1.69. The molecule has 1 fully saturated rings. The van der Waals surface area contributed by atoms with Crippen LogP contribution in [0.5, 0.6) is 0 Å². The zero-order valence-electron chi connectivity index (χ0n) is 8.55. The maximum Gasteiger partial charge on any atom is 0.182 e. The quantitative estimate of drug-likeness (QED) is 0.803. The van der Waals surface area contributed by atoms with Gasteiger partial charge in [-0.2, -0.15) is 0 Å². The van der Waals surface area contributed by atoms with Crippen LogP contribution >= 0.6 is 11.3 Å². The monoisotopic (exact) mass is 211 g/mol. The molecule has 1 saturated heterocycles. The molecule has 14 heavy (non-hydrogen) atoms. The highest BCUT2D eigenvalue weighted by Crippen LogP contribution is 2.15. The molecular formula is C10H17N3S. The number of nitrogens with one attached hydrogen (secondary N) is 2. The van der Waals surface area contributed by atoms with E-state index in [1.54, 1.807) is 11.3 Å². The summed E-state index contributed by atoms with van der Waals surface area (Å²) in [5, 5.41) is 10.0. The Morgan fingerprint density at radius 1 is 1.64 bits per heavy atom. The van der Waals surface area contributed by atoms with Crippen LogP contribution < -0.4 is 10.6 Å². The minimum atomic E-state index is 0.632. The largest absolute Gasteiger partial charge is 0.360 e. The molecule has 1 aromatic rings. The molecule has 1 unspecified atom stereocenters. The number of aromatic nitrogens is 1. The van der Waals surface area contributed by atoms with Crippen LogP contribution in [0.25, 0.3) is 0 Å². The number of anilines is 1. The molecule has 1 aliphatic rings. The molecule has 0 radical (unpaired) electrons. The van der Waals surface area contributed by atoms with Crippen LogP contribution in [0.3, 0.4) is 0 Å². The van der Waals surface area contributed by atoms with Crippen molar-refractivity contribution < 1.29 is 0 Å². The van der Waals surface area contributed by atoms with Gasteiger partial charge in [0.05, 0.1) is 5.69 Å². The van der Waals surface area contributed by atoms with Crippen LogP contribution in [0.15, 0.2) is 5.38 Å². The van der Waals surface area contributed by atoms with Gasteiger partial charge in [-0.3, -0.25) is 0 Å². The molecule has 0 aromatic carbocycles. The predicted octanol–water partition coefficient (Wildman–Crippen LogP) is 2.01. The molecule has 2 N–H and O–H groups in total. The Morgan fingerprint density at radius 3 is 3.21 bits per heavy atom. The highest BCUT2D eigenvalue weighted by Gasteiger charge is 2.12. The van der Waals surface area contributed by atoms with Gasteiger partial charge >= 0.3 is 0 Å². The minimum Gasteiger partial charge on any atom is -0.360 e. The Labute approximate surface area is 88.9 Å². The minimum absolute atomic E-state index is 0.632. The van der Waals surface area contributed by atoms with E-state index >= 15 is 0 Å². The van der Waals surface area contributed by atoms with E-state index in [-0.39, 0.29) is 0 Å². The van der Waals surface area contributed by atoms with E-state index < -0.39 is 0 Å². The molecule has 4 heteroatoms. The molecule has 2 rings (SSSR count). The van der Waals surface area contributed by atoms with Crippen molar-refractivity contribution in [1.82, 2.24) is 10.3 Å². The maximum atomic E-state index is 4.37. The summed E-state index contributed by atoms with van der Waals surface area (Å²) in [5.74, 6) is 0. The average molecular weight is 211 g/mol. The molecule has 2 heterocycles. The van der Waals surface area contributed by atoms with Crippen molar-refractivity contribution in [3.8, 4) is 0 Å². The summed E-state index contributed by atoms with van der Waals surface area (Å²) in [7, 11) is 0. The van der Waals surface area contributed by atoms with Crippen molar-refractivity contribution in [2.45, 2.75) is 32.2 Å². The third kappa shape index (κ3) is 2.69. The van der Waals surface area contributed by atoms with Crippen molar-refractivity contribution in [1.29, 1.82) is 0 Å². The summed E-state index contributed by atoms with van der Waals surface area (Å²) < 4.78 is 0. The Balaban J connectivity index is 1.76. The van der Waals surface area contributed by atoms with Gasteiger partial charge in [0.1, 0.15) is 0 Å². The van der Waals surface area contributed by atoms with E-state index in [9.17, 15) is 0 Å². The Bertz CT molecular complexity index is 279. The lowest BCUT2D eigenvalue weighted by Crippen LogP contribution is -2.39. The Morgan fingerprint density at radius 2 is 2.57 bits per heavy atom. The van der Waals surface area contributed by atoms with Crippen LogP contribution in [-0.2, 0) is 0 Å². The van der Waals surface area contributed by atoms with Crippen LogP contribution in [0, 0.1) is 6.92 Å². The fraction of sp³-hybridized carbons (Fsp3) is 0.700. The molecule has 0 saturated carbocycles. The van der Waals surface area contributed by atoms with E-state index in [0.29, 0.717) is 6.04 Å².